The highest BCUT2D eigenvalue weighted by atomic mass is 16.1. The number of benzene rings is 1. The molecule has 2 N–H and O–H groups in total. The summed E-state index contributed by atoms with van der Waals surface area (Å²) in [7, 11) is 0. The molecule has 1 aromatic rings. The van der Waals surface area contributed by atoms with E-state index in [2.05, 4.69) is 29.7 Å². The third-order valence-electron chi connectivity index (χ3n) is 4.32. The molecule has 1 aliphatic rings. The normalized spacial score (nSPS) is 22.0. The summed E-state index contributed by atoms with van der Waals surface area (Å²) in [6, 6.07) is 10.2. The quantitative estimate of drug-likeness (QED) is 0.867. The van der Waals surface area contributed by atoms with Gasteiger partial charge in [0.05, 0.1) is 6.04 Å². The first kappa shape index (κ1) is 15.0. The predicted molar refractivity (Wildman–Crippen MR) is 82.4 cm³/mol. The van der Waals surface area contributed by atoms with Gasteiger partial charge >= 0.3 is 0 Å². The number of rotatable bonds is 5. The molecule has 2 rings (SSSR count). The molecule has 20 heavy (non-hydrogen) atoms. The topological polar surface area (TPSA) is 41.1 Å². The number of carbonyl (C=O) groups excluding carboxylic acids is 1. The van der Waals surface area contributed by atoms with E-state index >= 15 is 0 Å². The van der Waals surface area contributed by atoms with Gasteiger partial charge in [-0.2, -0.15) is 0 Å². The van der Waals surface area contributed by atoms with Crippen LogP contribution in [0, 0.1) is 11.8 Å². The summed E-state index contributed by atoms with van der Waals surface area (Å²) in [5.41, 5.74) is 1.16. The van der Waals surface area contributed by atoms with Gasteiger partial charge in [0.2, 0.25) is 5.91 Å². The van der Waals surface area contributed by atoms with Gasteiger partial charge in [-0.3, -0.25) is 4.79 Å². The molecule has 1 amide bonds. The molecule has 0 aromatic heterocycles. The van der Waals surface area contributed by atoms with Crippen molar-refractivity contribution in [2.24, 2.45) is 11.8 Å². The second-order valence-electron chi connectivity index (χ2n) is 5.99. The maximum atomic E-state index is 12.1. The maximum Gasteiger partial charge on any atom is 0.220 e. The van der Waals surface area contributed by atoms with Crippen molar-refractivity contribution >= 4 is 5.91 Å². The minimum absolute atomic E-state index is 0.0837. The third-order valence-corrected chi connectivity index (χ3v) is 4.32. The largest absolute Gasteiger partial charge is 0.350 e. The van der Waals surface area contributed by atoms with Crippen molar-refractivity contribution in [1.29, 1.82) is 0 Å². The van der Waals surface area contributed by atoms with E-state index in [1.807, 2.05) is 25.1 Å². The number of carbonyl (C=O) groups is 1. The van der Waals surface area contributed by atoms with Crippen molar-refractivity contribution in [2.45, 2.75) is 39.2 Å². The lowest BCUT2D eigenvalue weighted by Crippen LogP contribution is -2.36. The minimum atomic E-state index is 0.0837. The van der Waals surface area contributed by atoms with E-state index in [9.17, 15) is 4.79 Å². The molecule has 3 nitrogen and oxygen atoms in total. The monoisotopic (exact) mass is 274 g/mol. The van der Waals surface area contributed by atoms with E-state index in [4.69, 9.17) is 0 Å². The fourth-order valence-electron chi connectivity index (χ4n) is 2.95. The maximum absolute atomic E-state index is 12.1. The second-order valence-corrected chi connectivity index (χ2v) is 5.99. The minimum Gasteiger partial charge on any atom is -0.350 e. The van der Waals surface area contributed by atoms with Gasteiger partial charge in [0.1, 0.15) is 0 Å². The molecule has 1 aliphatic heterocycles. The van der Waals surface area contributed by atoms with Crippen LogP contribution in [0.2, 0.25) is 0 Å². The van der Waals surface area contributed by atoms with E-state index in [0.717, 1.165) is 18.7 Å². The van der Waals surface area contributed by atoms with Crippen molar-refractivity contribution in [2.75, 3.05) is 13.1 Å². The van der Waals surface area contributed by atoms with Gasteiger partial charge in [0.25, 0.3) is 0 Å². The number of nitrogens with one attached hydrogen (secondary N) is 2. The molecule has 0 bridgehead atoms. The summed E-state index contributed by atoms with van der Waals surface area (Å²) in [6.45, 7) is 6.42. The van der Waals surface area contributed by atoms with Crippen LogP contribution in [0.1, 0.15) is 44.7 Å². The van der Waals surface area contributed by atoms with E-state index in [0.29, 0.717) is 18.3 Å². The average Bonchev–Trinajstić information content (AvgIpc) is 2.49. The molecule has 1 saturated heterocycles. The number of hydrogen-bond donors (Lipinski definition) is 2. The first-order chi connectivity index (χ1) is 9.66. The summed E-state index contributed by atoms with van der Waals surface area (Å²) < 4.78 is 0. The van der Waals surface area contributed by atoms with Crippen molar-refractivity contribution in [3.63, 3.8) is 0 Å². The van der Waals surface area contributed by atoms with Crippen LogP contribution < -0.4 is 10.6 Å². The van der Waals surface area contributed by atoms with Gasteiger partial charge in [-0.05, 0) is 50.3 Å². The summed E-state index contributed by atoms with van der Waals surface area (Å²) in [5.74, 6) is 1.26. The predicted octanol–water partition coefficient (Wildman–Crippen LogP) is 2.89. The molecule has 1 heterocycles. The highest BCUT2D eigenvalue weighted by Gasteiger charge is 2.22. The molecule has 0 spiro atoms. The number of hydrogen-bond acceptors (Lipinski definition) is 2. The lowest BCUT2D eigenvalue weighted by molar-refractivity contribution is -0.123. The van der Waals surface area contributed by atoms with Crippen LogP contribution in [0.25, 0.3) is 0 Å². The van der Waals surface area contributed by atoms with Crippen molar-refractivity contribution < 1.29 is 4.79 Å². The Balaban J connectivity index is 1.79. The molecular weight excluding hydrogens is 248 g/mol. The lowest BCUT2D eigenvalue weighted by Gasteiger charge is -2.28. The highest BCUT2D eigenvalue weighted by Crippen LogP contribution is 2.23. The van der Waals surface area contributed by atoms with E-state index in [1.165, 1.54) is 12.8 Å². The summed E-state index contributed by atoms with van der Waals surface area (Å²) in [4.78, 5) is 12.1. The zero-order valence-electron chi connectivity index (χ0n) is 12.6. The molecule has 1 fully saturated rings. The van der Waals surface area contributed by atoms with E-state index < -0.39 is 0 Å². The molecule has 110 valence electrons. The van der Waals surface area contributed by atoms with E-state index in [-0.39, 0.29) is 11.9 Å². The molecule has 3 heteroatoms. The molecule has 0 saturated carbocycles. The summed E-state index contributed by atoms with van der Waals surface area (Å²) in [5, 5.41) is 6.53. The van der Waals surface area contributed by atoms with Crippen LogP contribution in [0.15, 0.2) is 30.3 Å². The second kappa shape index (κ2) is 7.44. The van der Waals surface area contributed by atoms with Crippen LogP contribution in [0.5, 0.6) is 0 Å². The zero-order valence-corrected chi connectivity index (χ0v) is 12.6. The van der Waals surface area contributed by atoms with Crippen molar-refractivity contribution in [3.05, 3.63) is 35.9 Å². The molecule has 3 atom stereocenters. The van der Waals surface area contributed by atoms with Gasteiger partial charge in [-0.1, -0.05) is 37.3 Å². The Kier molecular flexibility index (Phi) is 5.60. The zero-order chi connectivity index (χ0) is 14.4. The van der Waals surface area contributed by atoms with Crippen LogP contribution in [-0.2, 0) is 4.79 Å². The fourth-order valence-corrected chi connectivity index (χ4v) is 2.95. The standard InChI is InChI=1S/C17H26N2O/c1-13(16-9-6-10-18-12-16)11-17(20)19-14(2)15-7-4-3-5-8-15/h3-5,7-8,13-14,16,18H,6,9-12H2,1-2H3,(H,19,20)/t13?,14-,16?/m0/s1. The molecule has 0 radical (unpaired) electrons. The molecule has 0 aliphatic carbocycles. The van der Waals surface area contributed by atoms with Crippen LogP contribution >= 0.6 is 0 Å². The Morgan fingerprint density at radius 3 is 2.75 bits per heavy atom. The van der Waals surface area contributed by atoms with Gasteiger partial charge < -0.3 is 10.6 Å². The summed E-state index contributed by atoms with van der Waals surface area (Å²) >= 11 is 0. The Hall–Kier alpha value is -1.35. The summed E-state index contributed by atoms with van der Waals surface area (Å²) in [6.07, 6.45) is 3.11. The SMILES string of the molecule is CC(CC(=O)N[C@@H](C)c1ccccc1)C1CCCNC1. The fraction of sp³-hybridized carbons (Fsp3) is 0.588. The van der Waals surface area contributed by atoms with Crippen LogP contribution in [-0.4, -0.2) is 19.0 Å². The van der Waals surface area contributed by atoms with Crippen molar-refractivity contribution in [3.8, 4) is 0 Å². The van der Waals surface area contributed by atoms with E-state index in [1.54, 1.807) is 0 Å². The van der Waals surface area contributed by atoms with Gasteiger partial charge in [-0.25, -0.2) is 0 Å². The molecule has 2 unspecified atom stereocenters. The van der Waals surface area contributed by atoms with Gasteiger partial charge in [0.15, 0.2) is 0 Å². The average molecular weight is 274 g/mol. The van der Waals surface area contributed by atoms with Gasteiger partial charge in [-0.15, -0.1) is 0 Å². The first-order valence-electron chi connectivity index (χ1n) is 7.72. The number of piperidine rings is 1. The Bertz CT molecular complexity index is 412. The molecule has 1 aromatic carbocycles. The smallest absolute Gasteiger partial charge is 0.220 e. The first-order valence-corrected chi connectivity index (χ1v) is 7.72. The Morgan fingerprint density at radius 2 is 2.10 bits per heavy atom. The van der Waals surface area contributed by atoms with Crippen LogP contribution in [0.3, 0.4) is 0 Å². The Morgan fingerprint density at radius 1 is 1.35 bits per heavy atom. The molecular formula is C17H26N2O. The Labute approximate surface area is 122 Å². The van der Waals surface area contributed by atoms with Gasteiger partial charge in [0, 0.05) is 6.42 Å². The lowest BCUT2D eigenvalue weighted by atomic mass is 9.85. The third kappa shape index (κ3) is 4.34. The van der Waals surface area contributed by atoms with Crippen LogP contribution in [0.4, 0.5) is 0 Å². The highest BCUT2D eigenvalue weighted by molar-refractivity contribution is 5.76. The number of amides is 1. The van der Waals surface area contributed by atoms with Crippen molar-refractivity contribution in [1.82, 2.24) is 10.6 Å².